The molecule has 0 spiro atoms. The van der Waals surface area contributed by atoms with E-state index in [9.17, 15) is 9.59 Å². The standard InChI is InChI=1S/C11H21NO3/c1-4-12(8-7-11(14)15)10(13)6-5-9(2)3/h9H,4-8H2,1-3H3,(H,14,15). The lowest BCUT2D eigenvalue weighted by Crippen LogP contribution is -2.32. The van der Waals surface area contributed by atoms with Crippen molar-refractivity contribution in [2.45, 2.75) is 40.0 Å². The fourth-order valence-corrected chi connectivity index (χ4v) is 1.26. The van der Waals surface area contributed by atoms with Crippen LogP contribution in [0.25, 0.3) is 0 Å². The summed E-state index contributed by atoms with van der Waals surface area (Å²) in [5.41, 5.74) is 0. The Bertz CT molecular complexity index is 214. The fourth-order valence-electron chi connectivity index (χ4n) is 1.26. The van der Waals surface area contributed by atoms with Gasteiger partial charge < -0.3 is 10.0 Å². The molecule has 0 rings (SSSR count). The molecule has 0 aromatic carbocycles. The van der Waals surface area contributed by atoms with Crippen LogP contribution >= 0.6 is 0 Å². The van der Waals surface area contributed by atoms with Gasteiger partial charge in [0.15, 0.2) is 0 Å². The fraction of sp³-hybridized carbons (Fsp3) is 0.818. The molecule has 0 saturated heterocycles. The second-order valence-electron chi connectivity index (χ2n) is 4.05. The van der Waals surface area contributed by atoms with Gasteiger partial charge in [0.1, 0.15) is 0 Å². The third kappa shape index (κ3) is 6.94. The van der Waals surface area contributed by atoms with Crippen LogP contribution in [0.15, 0.2) is 0 Å². The van der Waals surface area contributed by atoms with Crippen LogP contribution < -0.4 is 0 Å². The van der Waals surface area contributed by atoms with E-state index in [0.717, 1.165) is 6.42 Å². The van der Waals surface area contributed by atoms with Crippen molar-refractivity contribution in [3.8, 4) is 0 Å². The van der Waals surface area contributed by atoms with Crippen LogP contribution in [-0.2, 0) is 9.59 Å². The summed E-state index contributed by atoms with van der Waals surface area (Å²) < 4.78 is 0. The Labute approximate surface area is 91.3 Å². The number of hydrogen-bond donors (Lipinski definition) is 1. The Kier molecular flexibility index (Phi) is 6.75. The minimum Gasteiger partial charge on any atom is -0.481 e. The molecule has 0 bridgehead atoms. The third-order valence-electron chi connectivity index (χ3n) is 2.27. The first-order valence-electron chi connectivity index (χ1n) is 5.47. The SMILES string of the molecule is CCN(CCC(=O)O)C(=O)CCC(C)C. The van der Waals surface area contributed by atoms with E-state index in [1.165, 1.54) is 0 Å². The number of amides is 1. The first kappa shape index (κ1) is 13.9. The van der Waals surface area contributed by atoms with Crippen molar-refractivity contribution in [1.82, 2.24) is 4.90 Å². The lowest BCUT2D eigenvalue weighted by molar-refractivity contribution is -0.138. The number of carbonyl (C=O) groups is 2. The van der Waals surface area contributed by atoms with Gasteiger partial charge in [0.25, 0.3) is 0 Å². The molecule has 15 heavy (non-hydrogen) atoms. The van der Waals surface area contributed by atoms with E-state index in [1.807, 2.05) is 6.92 Å². The van der Waals surface area contributed by atoms with E-state index < -0.39 is 5.97 Å². The molecule has 0 aromatic rings. The van der Waals surface area contributed by atoms with Gasteiger partial charge in [-0.2, -0.15) is 0 Å². The average Bonchev–Trinajstić information content (AvgIpc) is 2.15. The normalized spacial score (nSPS) is 10.4. The minimum absolute atomic E-state index is 0.0290. The summed E-state index contributed by atoms with van der Waals surface area (Å²) in [4.78, 5) is 23.6. The van der Waals surface area contributed by atoms with Gasteiger partial charge in [-0.15, -0.1) is 0 Å². The van der Waals surface area contributed by atoms with Crippen molar-refractivity contribution in [3.63, 3.8) is 0 Å². The second kappa shape index (κ2) is 7.26. The Hall–Kier alpha value is -1.06. The van der Waals surface area contributed by atoms with Crippen molar-refractivity contribution < 1.29 is 14.7 Å². The third-order valence-corrected chi connectivity index (χ3v) is 2.27. The highest BCUT2D eigenvalue weighted by molar-refractivity contribution is 5.77. The van der Waals surface area contributed by atoms with Crippen LogP contribution in [0.3, 0.4) is 0 Å². The molecule has 0 aliphatic rings. The molecule has 0 unspecified atom stereocenters. The van der Waals surface area contributed by atoms with Crippen LogP contribution in [0.2, 0.25) is 0 Å². The largest absolute Gasteiger partial charge is 0.481 e. The van der Waals surface area contributed by atoms with E-state index in [0.29, 0.717) is 25.4 Å². The Morgan fingerprint density at radius 3 is 2.27 bits per heavy atom. The predicted molar refractivity (Wildman–Crippen MR) is 58.6 cm³/mol. The van der Waals surface area contributed by atoms with Crippen LogP contribution in [0.1, 0.15) is 40.0 Å². The molecule has 0 saturated carbocycles. The highest BCUT2D eigenvalue weighted by Crippen LogP contribution is 2.06. The average molecular weight is 215 g/mol. The minimum atomic E-state index is -0.856. The smallest absolute Gasteiger partial charge is 0.305 e. The highest BCUT2D eigenvalue weighted by atomic mass is 16.4. The van der Waals surface area contributed by atoms with E-state index in [1.54, 1.807) is 4.90 Å². The number of carboxylic acids is 1. The van der Waals surface area contributed by atoms with Crippen LogP contribution in [0, 0.1) is 5.92 Å². The molecular weight excluding hydrogens is 194 g/mol. The maximum Gasteiger partial charge on any atom is 0.305 e. The Balaban J connectivity index is 3.93. The van der Waals surface area contributed by atoms with Crippen molar-refractivity contribution in [2.24, 2.45) is 5.92 Å². The number of carboxylic acid groups (broad SMARTS) is 1. The quantitative estimate of drug-likeness (QED) is 0.703. The van der Waals surface area contributed by atoms with Gasteiger partial charge in [-0.25, -0.2) is 0 Å². The second-order valence-corrected chi connectivity index (χ2v) is 4.05. The number of rotatable bonds is 7. The summed E-state index contributed by atoms with van der Waals surface area (Å²) in [6.07, 6.45) is 1.41. The maximum atomic E-state index is 11.6. The Morgan fingerprint density at radius 1 is 1.27 bits per heavy atom. The van der Waals surface area contributed by atoms with Crippen LogP contribution in [0.4, 0.5) is 0 Å². The van der Waals surface area contributed by atoms with Crippen LogP contribution in [-0.4, -0.2) is 35.0 Å². The summed E-state index contributed by atoms with van der Waals surface area (Å²) in [6.45, 7) is 6.92. The molecule has 4 nitrogen and oxygen atoms in total. The van der Waals surface area contributed by atoms with Gasteiger partial charge in [-0.1, -0.05) is 13.8 Å². The van der Waals surface area contributed by atoms with Crippen molar-refractivity contribution in [1.29, 1.82) is 0 Å². The number of hydrogen-bond acceptors (Lipinski definition) is 2. The summed E-state index contributed by atoms with van der Waals surface area (Å²) in [6, 6.07) is 0. The number of nitrogens with zero attached hydrogens (tertiary/aromatic N) is 1. The zero-order chi connectivity index (χ0) is 11.8. The van der Waals surface area contributed by atoms with Crippen molar-refractivity contribution in [3.05, 3.63) is 0 Å². The molecule has 1 amide bonds. The molecule has 88 valence electrons. The van der Waals surface area contributed by atoms with Gasteiger partial charge in [-0.3, -0.25) is 9.59 Å². The van der Waals surface area contributed by atoms with E-state index >= 15 is 0 Å². The van der Waals surface area contributed by atoms with E-state index in [2.05, 4.69) is 13.8 Å². The highest BCUT2D eigenvalue weighted by Gasteiger charge is 2.12. The van der Waals surface area contributed by atoms with E-state index in [4.69, 9.17) is 5.11 Å². The molecular formula is C11H21NO3. The molecule has 0 atom stereocenters. The summed E-state index contributed by atoms with van der Waals surface area (Å²) >= 11 is 0. The topological polar surface area (TPSA) is 57.6 Å². The number of carbonyl (C=O) groups excluding carboxylic acids is 1. The molecule has 0 fully saturated rings. The lowest BCUT2D eigenvalue weighted by Gasteiger charge is -2.20. The summed E-state index contributed by atoms with van der Waals surface area (Å²) in [5.74, 6) is -0.287. The van der Waals surface area contributed by atoms with Crippen LogP contribution in [0.5, 0.6) is 0 Å². The zero-order valence-corrected chi connectivity index (χ0v) is 9.82. The molecule has 4 heteroatoms. The first-order valence-corrected chi connectivity index (χ1v) is 5.47. The van der Waals surface area contributed by atoms with Crippen molar-refractivity contribution >= 4 is 11.9 Å². The van der Waals surface area contributed by atoms with Gasteiger partial charge in [-0.05, 0) is 19.3 Å². The first-order chi connectivity index (χ1) is 6.97. The Morgan fingerprint density at radius 2 is 1.87 bits per heavy atom. The molecule has 1 N–H and O–H groups in total. The zero-order valence-electron chi connectivity index (χ0n) is 9.82. The summed E-state index contributed by atoms with van der Waals surface area (Å²) in [5, 5.41) is 8.52. The monoisotopic (exact) mass is 215 g/mol. The molecule has 0 radical (unpaired) electrons. The van der Waals surface area contributed by atoms with Crippen molar-refractivity contribution in [2.75, 3.05) is 13.1 Å². The predicted octanol–water partition coefficient (Wildman–Crippen LogP) is 1.75. The molecule has 0 aliphatic carbocycles. The van der Waals surface area contributed by atoms with Gasteiger partial charge >= 0.3 is 5.97 Å². The van der Waals surface area contributed by atoms with Gasteiger partial charge in [0.2, 0.25) is 5.91 Å². The number of aliphatic carboxylic acids is 1. The van der Waals surface area contributed by atoms with Gasteiger partial charge in [0, 0.05) is 19.5 Å². The molecule has 0 heterocycles. The van der Waals surface area contributed by atoms with Gasteiger partial charge in [0.05, 0.1) is 6.42 Å². The molecule has 0 aromatic heterocycles. The maximum absolute atomic E-state index is 11.6. The summed E-state index contributed by atoms with van der Waals surface area (Å²) in [7, 11) is 0. The lowest BCUT2D eigenvalue weighted by atomic mass is 10.1. The molecule has 0 aliphatic heterocycles. The van der Waals surface area contributed by atoms with E-state index in [-0.39, 0.29) is 12.3 Å².